The number of likely N-dealkylation sites (tertiary alicyclic amines) is 1. The van der Waals surface area contributed by atoms with Crippen LogP contribution in [0.2, 0.25) is 0 Å². The third-order valence-electron chi connectivity index (χ3n) is 5.40. The normalized spacial score (nSPS) is 29.7. The van der Waals surface area contributed by atoms with E-state index in [4.69, 9.17) is 9.47 Å². The molecule has 1 unspecified atom stereocenters. The van der Waals surface area contributed by atoms with Gasteiger partial charge in [-0.2, -0.15) is 0 Å². The first-order valence-electron chi connectivity index (χ1n) is 8.88. The molecule has 3 aliphatic rings. The summed E-state index contributed by atoms with van der Waals surface area (Å²) < 4.78 is 11.3. The van der Waals surface area contributed by atoms with Crippen molar-refractivity contribution in [3.8, 4) is 0 Å². The van der Waals surface area contributed by atoms with Gasteiger partial charge in [0.2, 0.25) is 0 Å². The van der Waals surface area contributed by atoms with Gasteiger partial charge in [-0.25, -0.2) is 0 Å². The van der Waals surface area contributed by atoms with Gasteiger partial charge in [0.25, 0.3) is 5.91 Å². The topological polar surface area (TPSA) is 59.0 Å². The van der Waals surface area contributed by atoms with Gasteiger partial charge < -0.3 is 19.5 Å². The molecular weight excluding hydrogens is 282 g/mol. The number of carbonyl (C=O) groups excluding carboxylic acids is 1. The van der Waals surface area contributed by atoms with E-state index in [-0.39, 0.29) is 12.0 Å². The van der Waals surface area contributed by atoms with E-state index in [1.54, 1.807) is 0 Å². The summed E-state index contributed by atoms with van der Waals surface area (Å²) in [5.41, 5.74) is -1.09. The lowest BCUT2D eigenvalue weighted by Crippen LogP contribution is -2.53. The quantitative estimate of drug-likeness (QED) is 0.859. The number of aliphatic hydroxyl groups is 1. The molecule has 5 nitrogen and oxygen atoms in total. The molecule has 1 aliphatic carbocycles. The number of amides is 1. The molecular formula is C17H29NO4. The van der Waals surface area contributed by atoms with Crippen LogP contribution in [0.5, 0.6) is 0 Å². The van der Waals surface area contributed by atoms with Crippen molar-refractivity contribution in [2.45, 2.75) is 63.1 Å². The first-order chi connectivity index (χ1) is 10.7. The minimum Gasteiger partial charge on any atom is -0.381 e. The van der Waals surface area contributed by atoms with Gasteiger partial charge >= 0.3 is 0 Å². The van der Waals surface area contributed by atoms with Gasteiger partial charge in [-0.15, -0.1) is 0 Å². The molecule has 0 spiro atoms. The predicted octanol–water partition coefficient (Wildman–Crippen LogP) is 1.73. The van der Waals surface area contributed by atoms with Crippen LogP contribution in [0.1, 0.15) is 51.4 Å². The van der Waals surface area contributed by atoms with Crippen molar-refractivity contribution in [1.29, 1.82) is 0 Å². The molecule has 5 heteroatoms. The third kappa shape index (κ3) is 3.81. The second-order valence-corrected chi connectivity index (χ2v) is 7.15. The van der Waals surface area contributed by atoms with Gasteiger partial charge in [0.15, 0.2) is 0 Å². The van der Waals surface area contributed by atoms with E-state index in [0.717, 1.165) is 58.3 Å². The van der Waals surface area contributed by atoms with Crippen molar-refractivity contribution < 1.29 is 19.4 Å². The van der Waals surface area contributed by atoms with E-state index in [0.29, 0.717) is 31.8 Å². The van der Waals surface area contributed by atoms with E-state index < -0.39 is 5.60 Å². The summed E-state index contributed by atoms with van der Waals surface area (Å²) in [5, 5.41) is 10.6. The highest BCUT2D eigenvalue weighted by molar-refractivity contribution is 5.85. The van der Waals surface area contributed by atoms with E-state index in [1.807, 2.05) is 4.90 Å². The Morgan fingerprint density at radius 2 is 1.91 bits per heavy atom. The van der Waals surface area contributed by atoms with Crippen LogP contribution in [0.4, 0.5) is 0 Å². The molecule has 2 heterocycles. The Bertz CT molecular complexity index is 367. The number of rotatable bonds is 4. The zero-order valence-electron chi connectivity index (χ0n) is 13.5. The first kappa shape index (κ1) is 16.2. The smallest absolute Gasteiger partial charge is 0.254 e. The van der Waals surface area contributed by atoms with Crippen molar-refractivity contribution >= 4 is 5.91 Å². The average molecular weight is 311 g/mol. The Morgan fingerprint density at radius 3 is 2.55 bits per heavy atom. The summed E-state index contributed by atoms with van der Waals surface area (Å²) in [6.07, 6.45) is 7.45. The lowest BCUT2D eigenvalue weighted by atomic mass is 9.83. The summed E-state index contributed by atoms with van der Waals surface area (Å²) in [7, 11) is 0. The molecule has 0 aromatic heterocycles. The van der Waals surface area contributed by atoms with Crippen LogP contribution in [0.15, 0.2) is 0 Å². The van der Waals surface area contributed by atoms with Gasteiger partial charge in [0, 0.05) is 25.6 Å². The Morgan fingerprint density at radius 1 is 1.18 bits per heavy atom. The lowest BCUT2D eigenvalue weighted by molar-refractivity contribution is -0.157. The number of ether oxygens (including phenoxy) is 2. The molecule has 3 rings (SSSR count). The number of hydrogen-bond donors (Lipinski definition) is 1. The zero-order chi connectivity index (χ0) is 15.4. The Labute approximate surface area is 133 Å². The molecule has 1 N–H and O–H groups in total. The average Bonchev–Trinajstić information content (AvgIpc) is 3.07. The Kier molecular flexibility index (Phi) is 5.37. The highest BCUT2D eigenvalue weighted by Crippen LogP contribution is 2.31. The van der Waals surface area contributed by atoms with Crippen LogP contribution in [0, 0.1) is 5.92 Å². The SMILES string of the molecule is O=C(N1CCC(OCC2CCOC2)CC1)C1(O)CCCCC1. The molecule has 0 bridgehead atoms. The highest BCUT2D eigenvalue weighted by Gasteiger charge is 2.40. The standard InChI is InChI=1S/C17H29NO4/c19-16(17(20)7-2-1-3-8-17)18-9-4-15(5-10-18)22-13-14-6-11-21-12-14/h14-15,20H,1-13H2. The van der Waals surface area contributed by atoms with Crippen LogP contribution < -0.4 is 0 Å². The predicted molar refractivity (Wildman–Crippen MR) is 82.5 cm³/mol. The summed E-state index contributed by atoms with van der Waals surface area (Å²) in [4.78, 5) is 14.4. The highest BCUT2D eigenvalue weighted by atomic mass is 16.5. The number of carbonyl (C=O) groups is 1. The van der Waals surface area contributed by atoms with E-state index in [9.17, 15) is 9.90 Å². The second-order valence-electron chi connectivity index (χ2n) is 7.15. The minimum atomic E-state index is -1.09. The van der Waals surface area contributed by atoms with Crippen LogP contribution in [0.3, 0.4) is 0 Å². The monoisotopic (exact) mass is 311 g/mol. The van der Waals surface area contributed by atoms with Crippen LogP contribution in [0.25, 0.3) is 0 Å². The zero-order valence-corrected chi connectivity index (χ0v) is 13.5. The van der Waals surface area contributed by atoms with Gasteiger partial charge in [0.05, 0.1) is 19.3 Å². The van der Waals surface area contributed by atoms with E-state index >= 15 is 0 Å². The summed E-state index contributed by atoms with van der Waals surface area (Å²) >= 11 is 0. The Balaban J connectivity index is 1.41. The summed E-state index contributed by atoms with van der Waals surface area (Å²) in [6, 6.07) is 0. The van der Waals surface area contributed by atoms with Crippen LogP contribution in [-0.4, -0.2) is 60.5 Å². The van der Waals surface area contributed by atoms with Crippen molar-refractivity contribution in [3.63, 3.8) is 0 Å². The molecule has 2 saturated heterocycles. The molecule has 0 radical (unpaired) electrons. The summed E-state index contributed by atoms with van der Waals surface area (Å²) in [6.45, 7) is 3.90. The van der Waals surface area contributed by atoms with Gasteiger partial charge in [-0.1, -0.05) is 19.3 Å². The molecule has 22 heavy (non-hydrogen) atoms. The second kappa shape index (κ2) is 7.28. The maximum atomic E-state index is 12.6. The fraction of sp³-hybridized carbons (Fsp3) is 0.941. The van der Waals surface area contributed by atoms with Gasteiger partial charge in [-0.05, 0) is 32.1 Å². The van der Waals surface area contributed by atoms with Gasteiger partial charge in [0.1, 0.15) is 5.60 Å². The first-order valence-corrected chi connectivity index (χ1v) is 8.88. The fourth-order valence-corrected chi connectivity index (χ4v) is 3.86. The van der Waals surface area contributed by atoms with Crippen molar-refractivity contribution in [2.75, 3.05) is 32.9 Å². The van der Waals surface area contributed by atoms with Crippen molar-refractivity contribution in [3.05, 3.63) is 0 Å². The van der Waals surface area contributed by atoms with E-state index in [2.05, 4.69) is 0 Å². The largest absolute Gasteiger partial charge is 0.381 e. The minimum absolute atomic E-state index is 0.0464. The van der Waals surface area contributed by atoms with Crippen molar-refractivity contribution in [1.82, 2.24) is 4.90 Å². The summed E-state index contributed by atoms with van der Waals surface area (Å²) in [5.74, 6) is 0.498. The van der Waals surface area contributed by atoms with Crippen LogP contribution >= 0.6 is 0 Å². The molecule has 0 aromatic rings. The van der Waals surface area contributed by atoms with Crippen molar-refractivity contribution in [2.24, 2.45) is 5.92 Å². The molecule has 1 atom stereocenters. The molecule has 0 aromatic carbocycles. The van der Waals surface area contributed by atoms with Crippen LogP contribution in [-0.2, 0) is 14.3 Å². The van der Waals surface area contributed by atoms with Gasteiger partial charge in [-0.3, -0.25) is 4.79 Å². The maximum absolute atomic E-state index is 12.6. The Hall–Kier alpha value is -0.650. The number of piperidine rings is 1. The number of nitrogens with zero attached hydrogens (tertiary/aromatic N) is 1. The molecule has 1 amide bonds. The maximum Gasteiger partial charge on any atom is 0.254 e. The molecule has 1 saturated carbocycles. The lowest BCUT2D eigenvalue weighted by Gasteiger charge is -2.39. The number of hydrogen-bond acceptors (Lipinski definition) is 4. The molecule has 3 fully saturated rings. The molecule has 2 aliphatic heterocycles. The third-order valence-corrected chi connectivity index (χ3v) is 5.40. The fourth-order valence-electron chi connectivity index (χ4n) is 3.86. The van der Waals surface area contributed by atoms with E-state index in [1.165, 1.54) is 0 Å². The molecule has 126 valence electrons.